The van der Waals surface area contributed by atoms with Crippen LogP contribution < -0.4 is 14.8 Å². The lowest BCUT2D eigenvalue weighted by atomic mass is 9.89. The summed E-state index contributed by atoms with van der Waals surface area (Å²) in [6.45, 7) is 4.21. The van der Waals surface area contributed by atoms with Crippen LogP contribution in [0.5, 0.6) is 11.5 Å². The van der Waals surface area contributed by atoms with Gasteiger partial charge in [0.2, 0.25) is 5.91 Å². The van der Waals surface area contributed by atoms with Crippen molar-refractivity contribution in [2.24, 2.45) is 5.92 Å². The van der Waals surface area contributed by atoms with Crippen molar-refractivity contribution in [3.05, 3.63) is 34.5 Å². The predicted molar refractivity (Wildman–Crippen MR) is 122 cm³/mol. The summed E-state index contributed by atoms with van der Waals surface area (Å²) in [4.78, 5) is 24.5. The Labute approximate surface area is 184 Å². The number of rotatable bonds is 6. The first-order valence-electron chi connectivity index (χ1n) is 9.92. The minimum atomic E-state index is -0.106. The van der Waals surface area contributed by atoms with Gasteiger partial charge < -0.3 is 14.8 Å². The second-order valence-electron chi connectivity index (χ2n) is 7.51. The average Bonchev–Trinajstić information content (AvgIpc) is 3.09. The lowest BCUT2D eigenvalue weighted by molar-refractivity contribution is -0.113. The van der Waals surface area contributed by atoms with Crippen molar-refractivity contribution in [3.63, 3.8) is 0 Å². The number of methoxy groups -OCH3 is 2. The van der Waals surface area contributed by atoms with Crippen LogP contribution in [0.15, 0.2) is 23.2 Å². The number of aryl methyl sites for hydroxylation is 2. The van der Waals surface area contributed by atoms with Crippen LogP contribution in [0, 0.1) is 12.8 Å². The summed E-state index contributed by atoms with van der Waals surface area (Å²) in [7, 11) is 3.16. The minimum absolute atomic E-state index is 0.106. The lowest BCUT2D eigenvalue weighted by Crippen LogP contribution is -2.15. The highest BCUT2D eigenvalue weighted by atomic mass is 32.2. The van der Waals surface area contributed by atoms with Gasteiger partial charge in [-0.2, -0.15) is 0 Å². The second-order valence-corrected chi connectivity index (χ2v) is 9.56. The van der Waals surface area contributed by atoms with Gasteiger partial charge in [0.05, 0.1) is 25.7 Å². The molecule has 8 heteroatoms. The first kappa shape index (κ1) is 20.9. The summed E-state index contributed by atoms with van der Waals surface area (Å²) < 4.78 is 10.6. The molecule has 0 spiro atoms. The van der Waals surface area contributed by atoms with Crippen LogP contribution >= 0.6 is 23.1 Å². The van der Waals surface area contributed by atoms with E-state index >= 15 is 0 Å². The van der Waals surface area contributed by atoms with Gasteiger partial charge in [-0.1, -0.05) is 18.7 Å². The molecule has 0 saturated heterocycles. The van der Waals surface area contributed by atoms with E-state index in [2.05, 4.69) is 22.2 Å². The van der Waals surface area contributed by atoms with Crippen LogP contribution in [0.4, 0.5) is 5.69 Å². The zero-order chi connectivity index (χ0) is 21.3. The third-order valence-corrected chi connectivity index (χ3v) is 7.38. The normalized spacial score (nSPS) is 15.7. The van der Waals surface area contributed by atoms with Crippen molar-refractivity contribution >= 4 is 44.9 Å². The molecule has 0 fully saturated rings. The third-order valence-electron chi connectivity index (χ3n) is 5.26. The molecule has 6 nitrogen and oxygen atoms in total. The molecule has 3 aromatic rings. The Hall–Kier alpha value is -2.32. The van der Waals surface area contributed by atoms with E-state index in [0.29, 0.717) is 23.1 Å². The molecule has 0 radical (unpaired) electrons. The number of thiophene rings is 1. The summed E-state index contributed by atoms with van der Waals surface area (Å²) in [6.07, 6.45) is 3.36. The van der Waals surface area contributed by atoms with Gasteiger partial charge in [-0.3, -0.25) is 4.79 Å². The van der Waals surface area contributed by atoms with E-state index in [-0.39, 0.29) is 11.7 Å². The quantitative estimate of drug-likeness (QED) is 0.433. The summed E-state index contributed by atoms with van der Waals surface area (Å²) >= 11 is 3.25. The Kier molecular flexibility index (Phi) is 6.15. The number of nitrogens with zero attached hydrogens (tertiary/aromatic N) is 2. The van der Waals surface area contributed by atoms with Crippen LogP contribution in [0.25, 0.3) is 10.2 Å². The van der Waals surface area contributed by atoms with Crippen LogP contribution in [-0.2, 0) is 17.6 Å². The minimum Gasteiger partial charge on any atom is -0.497 e. The highest BCUT2D eigenvalue weighted by molar-refractivity contribution is 8.00. The number of carbonyl (C=O) groups is 1. The van der Waals surface area contributed by atoms with E-state index in [4.69, 9.17) is 9.47 Å². The summed E-state index contributed by atoms with van der Waals surface area (Å²) in [6, 6.07) is 5.32. The molecular weight excluding hydrogens is 418 g/mol. The molecular formula is C22H25N3O3S2. The summed E-state index contributed by atoms with van der Waals surface area (Å²) in [5.41, 5.74) is 2.00. The molecule has 0 aliphatic heterocycles. The maximum absolute atomic E-state index is 12.6. The summed E-state index contributed by atoms with van der Waals surface area (Å²) in [5, 5.41) is 4.98. The van der Waals surface area contributed by atoms with Gasteiger partial charge in [0, 0.05) is 16.3 Å². The fourth-order valence-corrected chi connectivity index (χ4v) is 6.13. The number of amides is 1. The number of benzene rings is 1. The zero-order valence-electron chi connectivity index (χ0n) is 17.6. The second kappa shape index (κ2) is 8.81. The number of nitrogens with one attached hydrogen (secondary N) is 1. The molecule has 2 heterocycles. The van der Waals surface area contributed by atoms with Gasteiger partial charge in [-0.25, -0.2) is 9.97 Å². The molecule has 158 valence electrons. The van der Waals surface area contributed by atoms with E-state index in [9.17, 15) is 4.79 Å². The number of fused-ring (bicyclic) bond motifs is 3. The van der Waals surface area contributed by atoms with Gasteiger partial charge >= 0.3 is 0 Å². The topological polar surface area (TPSA) is 73.3 Å². The Morgan fingerprint density at radius 1 is 1.30 bits per heavy atom. The van der Waals surface area contributed by atoms with Crippen molar-refractivity contribution in [2.75, 3.05) is 25.3 Å². The molecule has 1 aromatic carbocycles. The standard InChI is InChI=1S/C22H25N3O3S2/c1-12-5-7-15-18(9-12)30-22-20(15)21(23-13(2)24-22)29-11-19(26)25-16-8-6-14(27-3)10-17(16)28-4/h6,8,10,12H,5,7,9,11H2,1-4H3,(H,25,26)/t12-/m1/s1. The van der Waals surface area contributed by atoms with Crippen molar-refractivity contribution in [1.82, 2.24) is 9.97 Å². The molecule has 0 bridgehead atoms. The number of thioether (sulfide) groups is 1. The molecule has 1 aliphatic carbocycles. The predicted octanol–water partition coefficient (Wildman–Crippen LogP) is 4.87. The molecule has 30 heavy (non-hydrogen) atoms. The highest BCUT2D eigenvalue weighted by Gasteiger charge is 2.24. The van der Waals surface area contributed by atoms with Gasteiger partial charge in [-0.05, 0) is 49.8 Å². The molecule has 1 atom stereocenters. The van der Waals surface area contributed by atoms with E-state index in [1.54, 1.807) is 43.8 Å². The van der Waals surface area contributed by atoms with Crippen molar-refractivity contribution in [3.8, 4) is 11.5 Å². The van der Waals surface area contributed by atoms with Crippen molar-refractivity contribution in [2.45, 2.75) is 38.1 Å². The highest BCUT2D eigenvalue weighted by Crippen LogP contribution is 2.41. The first-order valence-corrected chi connectivity index (χ1v) is 11.7. The van der Waals surface area contributed by atoms with E-state index in [1.165, 1.54) is 28.6 Å². The molecule has 1 amide bonds. The number of aromatic nitrogens is 2. The Balaban J connectivity index is 1.53. The van der Waals surface area contributed by atoms with Gasteiger partial charge in [0.15, 0.2) is 0 Å². The van der Waals surface area contributed by atoms with E-state index in [0.717, 1.165) is 33.9 Å². The van der Waals surface area contributed by atoms with Crippen LogP contribution in [0.2, 0.25) is 0 Å². The Morgan fingerprint density at radius 2 is 2.13 bits per heavy atom. The SMILES string of the molecule is COc1ccc(NC(=O)CSc2nc(C)nc3sc4c(c23)CC[C@@H](C)C4)c(OC)c1. The van der Waals surface area contributed by atoms with Gasteiger partial charge in [0.1, 0.15) is 27.2 Å². The summed E-state index contributed by atoms with van der Waals surface area (Å²) in [5.74, 6) is 2.85. The zero-order valence-corrected chi connectivity index (χ0v) is 19.2. The van der Waals surface area contributed by atoms with Crippen LogP contribution in [-0.4, -0.2) is 35.8 Å². The van der Waals surface area contributed by atoms with Gasteiger partial charge in [0.25, 0.3) is 0 Å². The lowest BCUT2D eigenvalue weighted by Gasteiger charge is -2.18. The maximum Gasteiger partial charge on any atom is 0.234 e. The number of hydrogen-bond acceptors (Lipinski definition) is 7. The number of anilines is 1. The average molecular weight is 444 g/mol. The van der Waals surface area contributed by atoms with Crippen molar-refractivity contribution in [1.29, 1.82) is 0 Å². The monoisotopic (exact) mass is 443 g/mol. The van der Waals surface area contributed by atoms with Crippen LogP contribution in [0.3, 0.4) is 0 Å². The fourth-order valence-electron chi connectivity index (χ4n) is 3.74. The molecule has 0 saturated carbocycles. The Morgan fingerprint density at radius 3 is 2.90 bits per heavy atom. The fraction of sp³-hybridized carbons (Fsp3) is 0.409. The Bertz CT molecular complexity index is 1100. The molecule has 1 N–H and O–H groups in total. The van der Waals surface area contributed by atoms with Crippen LogP contribution in [0.1, 0.15) is 29.6 Å². The molecule has 2 aromatic heterocycles. The van der Waals surface area contributed by atoms with E-state index in [1.807, 2.05) is 6.92 Å². The number of carbonyl (C=O) groups excluding carboxylic acids is 1. The number of hydrogen-bond donors (Lipinski definition) is 1. The van der Waals surface area contributed by atoms with Gasteiger partial charge in [-0.15, -0.1) is 11.3 Å². The molecule has 0 unspecified atom stereocenters. The molecule has 1 aliphatic rings. The van der Waals surface area contributed by atoms with E-state index < -0.39 is 0 Å². The van der Waals surface area contributed by atoms with Crippen molar-refractivity contribution < 1.29 is 14.3 Å². The maximum atomic E-state index is 12.6. The first-order chi connectivity index (χ1) is 14.5. The smallest absolute Gasteiger partial charge is 0.234 e. The molecule has 4 rings (SSSR count). The largest absolute Gasteiger partial charge is 0.497 e. The number of ether oxygens (including phenoxy) is 2. The third kappa shape index (κ3) is 4.25.